The molecular weight excluding hydrogens is 469 g/mol. The maximum absolute atomic E-state index is 13.7. The van der Waals surface area contributed by atoms with Crippen molar-refractivity contribution < 1.29 is 14.0 Å². The molecule has 0 aliphatic heterocycles. The normalized spacial score (nSPS) is 27.1. The van der Waals surface area contributed by atoms with Gasteiger partial charge in [-0.25, -0.2) is 9.37 Å². The van der Waals surface area contributed by atoms with Gasteiger partial charge in [0.1, 0.15) is 5.82 Å². The number of para-hydroxylation sites is 1. The van der Waals surface area contributed by atoms with Gasteiger partial charge in [-0.15, -0.1) is 11.3 Å². The van der Waals surface area contributed by atoms with E-state index in [0.29, 0.717) is 0 Å². The number of thiazole rings is 1. The van der Waals surface area contributed by atoms with Gasteiger partial charge in [-0.1, -0.05) is 23.9 Å². The third kappa shape index (κ3) is 4.22. The molecule has 3 aromatic rings. The van der Waals surface area contributed by atoms with Gasteiger partial charge in [0.05, 0.1) is 27.1 Å². The van der Waals surface area contributed by atoms with E-state index in [0.717, 1.165) is 57.3 Å². The second-order valence-corrected chi connectivity index (χ2v) is 12.4. The van der Waals surface area contributed by atoms with E-state index in [2.05, 4.69) is 15.6 Å². The van der Waals surface area contributed by atoms with Crippen LogP contribution in [0.5, 0.6) is 0 Å². The monoisotopic (exact) mass is 495 g/mol. The fraction of sp³-hybridized carbons (Fsp3) is 0.423. The number of nitrogens with zero attached hydrogens (tertiary/aromatic N) is 1. The van der Waals surface area contributed by atoms with Crippen LogP contribution in [0.4, 0.5) is 15.8 Å². The summed E-state index contributed by atoms with van der Waals surface area (Å²) in [7, 11) is 0. The number of rotatable bonds is 6. The first-order valence-corrected chi connectivity index (χ1v) is 13.7. The first-order chi connectivity index (χ1) is 16.5. The van der Waals surface area contributed by atoms with Gasteiger partial charge in [0, 0.05) is 5.69 Å². The second kappa shape index (κ2) is 8.64. The molecule has 0 unspecified atom stereocenters. The molecular formula is C26H26FN3O2S2. The highest BCUT2D eigenvalue weighted by atomic mass is 32.2. The Hall–Kier alpha value is -2.45. The summed E-state index contributed by atoms with van der Waals surface area (Å²) in [6.45, 7) is 0. The molecule has 0 saturated heterocycles. The summed E-state index contributed by atoms with van der Waals surface area (Å²) < 4.78 is 15.5. The highest BCUT2D eigenvalue weighted by Crippen LogP contribution is 2.60. The van der Waals surface area contributed by atoms with E-state index in [1.807, 2.05) is 18.2 Å². The van der Waals surface area contributed by atoms with E-state index in [4.69, 9.17) is 0 Å². The van der Waals surface area contributed by atoms with E-state index in [1.165, 1.54) is 54.5 Å². The molecule has 4 fully saturated rings. The van der Waals surface area contributed by atoms with E-state index in [-0.39, 0.29) is 28.7 Å². The molecule has 5 nitrogen and oxygen atoms in total. The van der Waals surface area contributed by atoms with Crippen molar-refractivity contribution in [3.05, 3.63) is 48.3 Å². The van der Waals surface area contributed by atoms with Gasteiger partial charge in [0.15, 0.2) is 4.34 Å². The van der Waals surface area contributed by atoms with Crippen molar-refractivity contribution in [1.82, 2.24) is 4.98 Å². The molecule has 0 spiro atoms. The van der Waals surface area contributed by atoms with Gasteiger partial charge in [0.25, 0.3) is 0 Å². The van der Waals surface area contributed by atoms with Gasteiger partial charge in [-0.05, 0) is 86.6 Å². The van der Waals surface area contributed by atoms with Crippen molar-refractivity contribution in [3.8, 4) is 0 Å². The lowest BCUT2D eigenvalue weighted by molar-refractivity contribution is -0.140. The Bertz CT molecular complexity index is 1240. The summed E-state index contributed by atoms with van der Waals surface area (Å²) in [6, 6.07) is 11.9. The number of carbonyl (C=O) groups is 2. The summed E-state index contributed by atoms with van der Waals surface area (Å²) in [5.74, 6) is 1.80. The number of amides is 2. The Kier molecular flexibility index (Phi) is 5.60. The lowest BCUT2D eigenvalue weighted by Gasteiger charge is -2.55. The smallest absolute Gasteiger partial charge is 0.234 e. The SMILES string of the molecule is O=C(CSc1nc2ccc(NC(=O)C34CC5CC(CC(C5)C3)C4)cc2s1)Nc1ccccc1F. The number of anilines is 2. The number of hydrogen-bond donors (Lipinski definition) is 2. The molecule has 34 heavy (non-hydrogen) atoms. The minimum absolute atomic E-state index is 0.143. The molecule has 0 atom stereocenters. The fourth-order valence-electron chi connectivity index (χ4n) is 6.57. The maximum atomic E-state index is 13.7. The van der Waals surface area contributed by atoms with Crippen LogP contribution in [0.25, 0.3) is 10.2 Å². The number of nitrogens with one attached hydrogen (secondary N) is 2. The zero-order valence-corrected chi connectivity index (χ0v) is 20.3. The Morgan fingerprint density at radius 3 is 2.44 bits per heavy atom. The van der Waals surface area contributed by atoms with Gasteiger partial charge < -0.3 is 10.6 Å². The fourth-order valence-corrected chi connectivity index (χ4v) is 8.48. The molecule has 1 aromatic heterocycles. The van der Waals surface area contributed by atoms with E-state index < -0.39 is 5.82 Å². The van der Waals surface area contributed by atoms with Crippen LogP contribution in [0.1, 0.15) is 38.5 Å². The van der Waals surface area contributed by atoms with E-state index in [1.54, 1.807) is 12.1 Å². The lowest BCUT2D eigenvalue weighted by Crippen LogP contribution is -2.51. The van der Waals surface area contributed by atoms with E-state index >= 15 is 0 Å². The minimum atomic E-state index is -0.455. The molecule has 2 amide bonds. The molecule has 7 rings (SSSR count). The predicted molar refractivity (Wildman–Crippen MR) is 135 cm³/mol. The second-order valence-electron chi connectivity index (χ2n) is 10.1. The molecule has 4 saturated carbocycles. The van der Waals surface area contributed by atoms with Crippen LogP contribution < -0.4 is 10.6 Å². The molecule has 2 aromatic carbocycles. The first-order valence-electron chi connectivity index (χ1n) is 11.8. The quantitative estimate of drug-likeness (QED) is 0.393. The van der Waals surface area contributed by atoms with Gasteiger partial charge in [-0.2, -0.15) is 0 Å². The van der Waals surface area contributed by atoms with Crippen LogP contribution in [0, 0.1) is 29.0 Å². The third-order valence-corrected chi connectivity index (χ3v) is 9.78. The number of thioether (sulfide) groups is 1. The standard InChI is InChI=1S/C26H26FN3O2S2/c27-19-3-1-2-4-20(19)29-23(31)14-33-25-30-21-6-5-18(10-22(21)34-25)28-24(32)26-11-15-7-16(12-26)9-17(8-15)13-26/h1-6,10,15-17H,7-9,11-14H2,(H,28,32)(H,29,31). The Labute approximate surface area is 205 Å². The predicted octanol–water partition coefficient (Wildman–Crippen LogP) is 6.32. The lowest BCUT2D eigenvalue weighted by atomic mass is 9.49. The van der Waals surface area contributed by atoms with Crippen LogP contribution in [-0.2, 0) is 9.59 Å². The van der Waals surface area contributed by atoms with E-state index in [9.17, 15) is 14.0 Å². The van der Waals surface area contributed by atoms with Crippen molar-refractivity contribution in [2.45, 2.75) is 42.9 Å². The van der Waals surface area contributed by atoms with Crippen LogP contribution in [-0.4, -0.2) is 22.6 Å². The molecule has 4 bridgehead atoms. The molecule has 4 aliphatic rings. The minimum Gasteiger partial charge on any atom is -0.326 e. The summed E-state index contributed by atoms with van der Waals surface area (Å²) in [5, 5.41) is 5.81. The van der Waals surface area contributed by atoms with Crippen molar-refractivity contribution in [1.29, 1.82) is 0 Å². The summed E-state index contributed by atoms with van der Waals surface area (Å²) in [5.41, 5.74) is 1.65. The molecule has 1 heterocycles. The molecule has 8 heteroatoms. The van der Waals surface area contributed by atoms with Crippen LogP contribution in [0.2, 0.25) is 0 Å². The number of aromatic nitrogens is 1. The van der Waals surface area contributed by atoms with Gasteiger partial charge in [-0.3, -0.25) is 9.59 Å². The average Bonchev–Trinajstić information content (AvgIpc) is 3.21. The van der Waals surface area contributed by atoms with Gasteiger partial charge in [0.2, 0.25) is 11.8 Å². The number of halogens is 1. The number of benzene rings is 2. The van der Waals surface area contributed by atoms with Crippen molar-refractivity contribution in [2.75, 3.05) is 16.4 Å². The molecule has 4 aliphatic carbocycles. The molecule has 0 radical (unpaired) electrons. The number of fused-ring (bicyclic) bond motifs is 1. The van der Waals surface area contributed by atoms with Gasteiger partial charge >= 0.3 is 0 Å². The number of hydrogen-bond acceptors (Lipinski definition) is 5. The Balaban J connectivity index is 1.10. The number of carbonyl (C=O) groups excluding carboxylic acids is 2. The van der Waals surface area contributed by atoms with Crippen molar-refractivity contribution >= 4 is 56.5 Å². The molecule has 2 N–H and O–H groups in total. The maximum Gasteiger partial charge on any atom is 0.234 e. The topological polar surface area (TPSA) is 71.1 Å². The highest BCUT2D eigenvalue weighted by molar-refractivity contribution is 8.01. The first kappa shape index (κ1) is 22.0. The van der Waals surface area contributed by atoms with Crippen molar-refractivity contribution in [2.24, 2.45) is 23.2 Å². The highest BCUT2D eigenvalue weighted by Gasteiger charge is 2.54. The zero-order chi connectivity index (χ0) is 23.3. The summed E-state index contributed by atoms with van der Waals surface area (Å²) in [6.07, 6.45) is 7.09. The van der Waals surface area contributed by atoms with Crippen LogP contribution >= 0.6 is 23.1 Å². The van der Waals surface area contributed by atoms with Crippen LogP contribution in [0.3, 0.4) is 0 Å². The third-order valence-electron chi connectivity index (χ3n) is 7.62. The summed E-state index contributed by atoms with van der Waals surface area (Å²) >= 11 is 2.82. The zero-order valence-electron chi connectivity index (χ0n) is 18.7. The van der Waals surface area contributed by atoms with Crippen molar-refractivity contribution in [3.63, 3.8) is 0 Å². The van der Waals surface area contributed by atoms with Crippen LogP contribution in [0.15, 0.2) is 46.8 Å². The Morgan fingerprint density at radius 1 is 1.03 bits per heavy atom. The largest absolute Gasteiger partial charge is 0.326 e. The summed E-state index contributed by atoms with van der Waals surface area (Å²) in [4.78, 5) is 30.2. The molecule has 176 valence electrons. The average molecular weight is 496 g/mol. The Morgan fingerprint density at radius 2 is 1.74 bits per heavy atom.